The van der Waals surface area contributed by atoms with Crippen molar-refractivity contribution in [3.05, 3.63) is 59.2 Å². The number of benzene rings is 1. The van der Waals surface area contributed by atoms with Gasteiger partial charge in [0.2, 0.25) is 0 Å². The zero-order valence-electron chi connectivity index (χ0n) is 14.4. The summed E-state index contributed by atoms with van der Waals surface area (Å²) in [6, 6.07) is 4.62. The number of carbonyl (C=O) groups is 2. The largest absolute Gasteiger partial charge is 0.496 e. The van der Waals surface area contributed by atoms with Crippen molar-refractivity contribution in [2.45, 2.75) is 0 Å². The van der Waals surface area contributed by atoms with Crippen molar-refractivity contribution < 1.29 is 23.5 Å². The van der Waals surface area contributed by atoms with Crippen LogP contribution in [-0.2, 0) is 4.74 Å². The molecule has 0 aliphatic carbocycles. The van der Waals surface area contributed by atoms with Crippen LogP contribution in [0.3, 0.4) is 0 Å². The van der Waals surface area contributed by atoms with E-state index in [0.717, 1.165) is 11.1 Å². The number of nitrogens with zero attached hydrogens (tertiary/aromatic N) is 2. The fraction of sp³-hybridized carbons (Fsp3) is 0.222. The van der Waals surface area contributed by atoms with Crippen molar-refractivity contribution in [2.75, 3.05) is 28.3 Å². The smallest absolute Gasteiger partial charge is 0.338 e. The number of allylic oxidation sites excluding steroid dienone is 3. The minimum absolute atomic E-state index is 0.119. The molecule has 6 nitrogen and oxygen atoms in total. The Bertz CT molecular complexity index is 783. The standard InChI is InChI=1S/C18H19FN2O4/c1-20-11-14(19)15(21(2)18(20)23)9-5-7-12-13(17(22)25-4)8-6-10-16(12)24-3/h5-11H,1-4H3/b7-5+,15-9+. The summed E-state index contributed by atoms with van der Waals surface area (Å²) < 4.78 is 24.1. The highest BCUT2D eigenvalue weighted by Gasteiger charge is 2.25. The summed E-state index contributed by atoms with van der Waals surface area (Å²) in [4.78, 5) is 26.1. The lowest BCUT2D eigenvalue weighted by Crippen LogP contribution is -2.39. The molecule has 132 valence electrons. The fourth-order valence-corrected chi connectivity index (χ4v) is 2.40. The van der Waals surface area contributed by atoms with E-state index in [9.17, 15) is 14.0 Å². The Morgan fingerprint density at radius 3 is 2.60 bits per heavy atom. The van der Waals surface area contributed by atoms with E-state index in [0.29, 0.717) is 16.9 Å². The van der Waals surface area contributed by atoms with Crippen molar-refractivity contribution in [3.63, 3.8) is 0 Å². The molecule has 1 aromatic carbocycles. The second kappa shape index (κ2) is 7.65. The summed E-state index contributed by atoms with van der Waals surface area (Å²) in [6.45, 7) is 0. The molecule has 0 N–H and O–H groups in total. The van der Waals surface area contributed by atoms with Crippen molar-refractivity contribution in [2.24, 2.45) is 0 Å². The third-order valence-corrected chi connectivity index (χ3v) is 3.71. The summed E-state index contributed by atoms with van der Waals surface area (Å²) in [7, 11) is 5.73. The van der Waals surface area contributed by atoms with Gasteiger partial charge in [0, 0.05) is 25.9 Å². The molecule has 7 heteroatoms. The number of amides is 2. The number of halogens is 1. The quantitative estimate of drug-likeness (QED) is 0.786. The molecule has 0 bridgehead atoms. The predicted octanol–water partition coefficient (Wildman–Crippen LogP) is 3.19. The first-order valence-corrected chi connectivity index (χ1v) is 7.42. The van der Waals surface area contributed by atoms with Gasteiger partial charge in [0.25, 0.3) is 0 Å². The first-order valence-electron chi connectivity index (χ1n) is 7.42. The molecule has 0 saturated carbocycles. The number of ether oxygens (including phenoxy) is 2. The van der Waals surface area contributed by atoms with E-state index < -0.39 is 11.8 Å². The average molecular weight is 346 g/mol. The minimum Gasteiger partial charge on any atom is -0.496 e. The SMILES string of the molecule is COC(=O)c1cccc(OC)c1/C=C/C=C1\C(F)=CN(C)C(=O)N1C. The fourth-order valence-electron chi connectivity index (χ4n) is 2.40. The maximum Gasteiger partial charge on any atom is 0.338 e. The first-order chi connectivity index (χ1) is 11.9. The number of urea groups is 1. The number of hydrogen-bond acceptors (Lipinski definition) is 4. The summed E-state index contributed by atoms with van der Waals surface area (Å²) in [5.41, 5.74) is 0.939. The van der Waals surface area contributed by atoms with E-state index >= 15 is 0 Å². The van der Waals surface area contributed by atoms with Gasteiger partial charge in [0.15, 0.2) is 5.83 Å². The Balaban J connectivity index is 2.41. The summed E-state index contributed by atoms with van der Waals surface area (Å²) in [5, 5.41) is 0. The molecule has 0 aromatic heterocycles. The monoisotopic (exact) mass is 346 g/mol. The van der Waals surface area contributed by atoms with Gasteiger partial charge in [-0.2, -0.15) is 0 Å². The zero-order valence-corrected chi connectivity index (χ0v) is 14.4. The van der Waals surface area contributed by atoms with Crippen LogP contribution < -0.4 is 4.74 Å². The number of methoxy groups -OCH3 is 2. The second-order valence-electron chi connectivity index (χ2n) is 5.25. The molecule has 25 heavy (non-hydrogen) atoms. The van der Waals surface area contributed by atoms with Crippen LogP contribution in [-0.4, -0.2) is 50.1 Å². The molecule has 2 amide bonds. The van der Waals surface area contributed by atoms with Crippen LogP contribution in [0.2, 0.25) is 0 Å². The van der Waals surface area contributed by atoms with Gasteiger partial charge in [0.05, 0.1) is 25.5 Å². The lowest BCUT2D eigenvalue weighted by atomic mass is 10.1. The zero-order chi connectivity index (χ0) is 18.6. The van der Waals surface area contributed by atoms with Gasteiger partial charge in [-0.05, 0) is 18.2 Å². The maximum absolute atomic E-state index is 14.1. The molecule has 0 unspecified atom stereocenters. The number of esters is 1. The third kappa shape index (κ3) is 3.71. The second-order valence-corrected chi connectivity index (χ2v) is 5.25. The highest BCUT2D eigenvalue weighted by Crippen LogP contribution is 2.26. The molecule has 2 rings (SSSR count). The normalized spacial score (nSPS) is 16.4. The molecule has 1 aromatic rings. The Labute approximate surface area is 145 Å². The van der Waals surface area contributed by atoms with Gasteiger partial charge < -0.3 is 14.4 Å². The van der Waals surface area contributed by atoms with E-state index in [4.69, 9.17) is 9.47 Å². The van der Waals surface area contributed by atoms with Crippen LogP contribution in [0.4, 0.5) is 9.18 Å². The van der Waals surface area contributed by atoms with E-state index in [-0.39, 0.29) is 11.7 Å². The number of hydrogen-bond donors (Lipinski definition) is 0. The molecule has 1 heterocycles. The molecule has 0 spiro atoms. The van der Waals surface area contributed by atoms with E-state index in [1.807, 2.05) is 0 Å². The van der Waals surface area contributed by atoms with Crippen LogP contribution in [0.25, 0.3) is 6.08 Å². The first kappa shape index (κ1) is 18.3. The molecule has 1 aliphatic heterocycles. The van der Waals surface area contributed by atoms with Gasteiger partial charge in [-0.1, -0.05) is 18.2 Å². The Hall–Kier alpha value is -3.09. The van der Waals surface area contributed by atoms with Crippen LogP contribution >= 0.6 is 0 Å². The van der Waals surface area contributed by atoms with E-state index in [2.05, 4.69) is 0 Å². The van der Waals surface area contributed by atoms with E-state index in [1.54, 1.807) is 30.4 Å². The maximum atomic E-state index is 14.1. The van der Waals surface area contributed by atoms with Gasteiger partial charge in [-0.3, -0.25) is 4.90 Å². The molecule has 0 fully saturated rings. The Kier molecular flexibility index (Phi) is 5.59. The van der Waals surface area contributed by atoms with Crippen molar-refractivity contribution >= 4 is 18.1 Å². The molecule has 0 radical (unpaired) electrons. The van der Waals surface area contributed by atoms with Crippen molar-refractivity contribution in [1.29, 1.82) is 0 Å². The van der Waals surface area contributed by atoms with Crippen LogP contribution in [0.15, 0.2) is 48.1 Å². The Morgan fingerprint density at radius 1 is 1.24 bits per heavy atom. The summed E-state index contributed by atoms with van der Waals surface area (Å²) >= 11 is 0. The van der Waals surface area contributed by atoms with E-state index in [1.165, 1.54) is 39.3 Å². The lowest BCUT2D eigenvalue weighted by molar-refractivity contribution is 0.0600. The Morgan fingerprint density at radius 2 is 1.96 bits per heavy atom. The topological polar surface area (TPSA) is 59.1 Å². The van der Waals surface area contributed by atoms with Crippen molar-refractivity contribution in [3.8, 4) is 5.75 Å². The van der Waals surface area contributed by atoms with Gasteiger partial charge >= 0.3 is 12.0 Å². The van der Waals surface area contributed by atoms with Gasteiger partial charge in [-0.15, -0.1) is 0 Å². The summed E-state index contributed by atoms with van der Waals surface area (Å²) in [6.07, 6.45) is 5.71. The lowest BCUT2D eigenvalue weighted by Gasteiger charge is -2.28. The van der Waals surface area contributed by atoms with Crippen molar-refractivity contribution in [1.82, 2.24) is 9.80 Å². The molecular weight excluding hydrogens is 327 g/mol. The highest BCUT2D eigenvalue weighted by molar-refractivity contribution is 5.95. The minimum atomic E-state index is -0.539. The number of rotatable bonds is 4. The molecule has 0 saturated heterocycles. The average Bonchev–Trinajstić information content (AvgIpc) is 2.61. The van der Waals surface area contributed by atoms with Crippen LogP contribution in [0, 0.1) is 0 Å². The highest BCUT2D eigenvalue weighted by atomic mass is 19.1. The number of carbonyl (C=O) groups excluding carboxylic acids is 2. The van der Waals surface area contributed by atoms with Gasteiger partial charge in [-0.25, -0.2) is 14.0 Å². The molecule has 1 aliphatic rings. The molecule has 0 atom stereocenters. The summed E-state index contributed by atoms with van der Waals surface area (Å²) in [5.74, 6) is -0.576. The van der Waals surface area contributed by atoms with Crippen LogP contribution in [0.5, 0.6) is 5.75 Å². The third-order valence-electron chi connectivity index (χ3n) is 3.71. The number of likely N-dealkylation sites (N-methyl/N-ethyl adjacent to an activating group) is 1. The predicted molar refractivity (Wildman–Crippen MR) is 91.6 cm³/mol. The van der Waals surface area contributed by atoms with Gasteiger partial charge in [0.1, 0.15) is 5.75 Å². The van der Waals surface area contributed by atoms with Crippen LogP contribution in [0.1, 0.15) is 15.9 Å². The molecular formula is C18H19FN2O4.